The Kier molecular flexibility index (Phi) is 6.30. The molecule has 1 aliphatic rings. The van der Waals surface area contributed by atoms with E-state index in [1.165, 1.54) is 30.6 Å². The van der Waals surface area contributed by atoms with Crippen molar-refractivity contribution in [2.75, 3.05) is 24.8 Å². The Labute approximate surface area is 166 Å². The first-order chi connectivity index (χ1) is 13.5. The van der Waals surface area contributed by atoms with E-state index in [0.717, 1.165) is 42.5 Å². The van der Waals surface area contributed by atoms with Crippen LogP contribution in [0.4, 0.5) is 10.7 Å². The average molecular weight is 402 g/mol. The molecule has 1 heterocycles. The van der Waals surface area contributed by atoms with Gasteiger partial charge in [-0.3, -0.25) is 4.79 Å². The molecule has 1 aromatic carbocycles. The lowest BCUT2D eigenvalue weighted by atomic mass is 10.1. The number of nitrogens with one attached hydrogen (secondary N) is 1. The molecule has 0 spiro atoms. The van der Waals surface area contributed by atoms with Gasteiger partial charge in [-0.05, 0) is 55.5 Å². The lowest BCUT2D eigenvalue weighted by Gasteiger charge is -2.08. The number of benzene rings is 1. The molecule has 0 bridgehead atoms. The topological polar surface area (TPSA) is 108 Å². The zero-order valence-corrected chi connectivity index (χ0v) is 16.4. The summed E-state index contributed by atoms with van der Waals surface area (Å²) < 4.78 is 9.96. The van der Waals surface area contributed by atoms with E-state index >= 15 is 0 Å². The number of hydrogen-bond donors (Lipinski definition) is 2. The van der Waals surface area contributed by atoms with Gasteiger partial charge in [-0.1, -0.05) is 6.42 Å². The Morgan fingerprint density at radius 3 is 2.50 bits per heavy atom. The summed E-state index contributed by atoms with van der Waals surface area (Å²) in [6.07, 6.45) is 4.84. The zero-order chi connectivity index (χ0) is 20.1. The van der Waals surface area contributed by atoms with Gasteiger partial charge in [0.25, 0.3) is 5.91 Å². The van der Waals surface area contributed by atoms with Crippen LogP contribution in [0.3, 0.4) is 0 Å². The van der Waals surface area contributed by atoms with Gasteiger partial charge >= 0.3 is 11.9 Å². The van der Waals surface area contributed by atoms with Crippen molar-refractivity contribution >= 4 is 39.9 Å². The van der Waals surface area contributed by atoms with Gasteiger partial charge in [-0.25, -0.2) is 9.59 Å². The molecule has 1 aromatic heterocycles. The van der Waals surface area contributed by atoms with Gasteiger partial charge in [-0.2, -0.15) is 0 Å². The average Bonchev–Trinajstić information content (AvgIpc) is 2.86. The van der Waals surface area contributed by atoms with E-state index in [1.807, 2.05) is 0 Å². The number of methoxy groups -OCH3 is 1. The Hall–Kier alpha value is -2.87. The van der Waals surface area contributed by atoms with Crippen LogP contribution < -0.4 is 11.1 Å². The SMILES string of the molecule is COC(=O)c1c(NC(=O)COC(=O)c2ccc(N)cc2)sc2c1CCCCC2. The van der Waals surface area contributed by atoms with Crippen LogP contribution in [0.15, 0.2) is 24.3 Å². The fraction of sp³-hybridized carbons (Fsp3) is 0.350. The minimum Gasteiger partial charge on any atom is -0.465 e. The highest BCUT2D eigenvalue weighted by Crippen LogP contribution is 2.37. The number of rotatable bonds is 5. The van der Waals surface area contributed by atoms with Crippen molar-refractivity contribution in [3.05, 3.63) is 45.8 Å². The van der Waals surface area contributed by atoms with Crippen LogP contribution in [0.25, 0.3) is 0 Å². The van der Waals surface area contributed by atoms with E-state index in [2.05, 4.69) is 5.32 Å². The van der Waals surface area contributed by atoms with E-state index in [9.17, 15) is 14.4 Å². The summed E-state index contributed by atoms with van der Waals surface area (Å²) in [5.41, 5.74) is 7.80. The maximum atomic E-state index is 12.3. The van der Waals surface area contributed by atoms with E-state index in [1.54, 1.807) is 12.1 Å². The Morgan fingerprint density at radius 2 is 1.79 bits per heavy atom. The quantitative estimate of drug-likeness (QED) is 0.452. The molecule has 2 aromatic rings. The molecule has 3 N–H and O–H groups in total. The molecular weight excluding hydrogens is 380 g/mol. The Balaban J connectivity index is 1.69. The molecule has 0 aliphatic heterocycles. The number of fused-ring (bicyclic) bond motifs is 1. The number of esters is 2. The standard InChI is InChI=1S/C20H22N2O5S/c1-26-20(25)17-14-5-3-2-4-6-15(14)28-18(17)22-16(23)11-27-19(24)12-7-9-13(21)10-8-12/h7-10H,2-6,11,21H2,1H3,(H,22,23). The van der Waals surface area contributed by atoms with Crippen molar-refractivity contribution in [2.24, 2.45) is 0 Å². The van der Waals surface area contributed by atoms with Crippen molar-refractivity contribution in [3.63, 3.8) is 0 Å². The molecule has 0 radical (unpaired) electrons. The highest BCUT2D eigenvalue weighted by atomic mass is 32.1. The maximum Gasteiger partial charge on any atom is 0.341 e. The van der Waals surface area contributed by atoms with E-state index in [-0.39, 0.29) is 0 Å². The van der Waals surface area contributed by atoms with Gasteiger partial charge in [0.05, 0.1) is 18.2 Å². The fourth-order valence-corrected chi connectivity index (χ4v) is 4.44. The summed E-state index contributed by atoms with van der Waals surface area (Å²) in [4.78, 5) is 37.7. The summed E-state index contributed by atoms with van der Waals surface area (Å²) in [7, 11) is 1.32. The lowest BCUT2D eigenvalue weighted by molar-refractivity contribution is -0.119. The summed E-state index contributed by atoms with van der Waals surface area (Å²) in [6.45, 7) is -0.452. The number of nitrogens with two attached hydrogens (primary N) is 1. The molecule has 7 nitrogen and oxygen atoms in total. The van der Waals surface area contributed by atoms with Crippen molar-refractivity contribution in [1.29, 1.82) is 0 Å². The molecular formula is C20H22N2O5S. The van der Waals surface area contributed by atoms with Crippen molar-refractivity contribution in [3.8, 4) is 0 Å². The number of carbonyl (C=O) groups is 3. The summed E-state index contributed by atoms with van der Waals surface area (Å²) in [5.74, 6) is -1.59. The molecule has 0 atom stereocenters. The Bertz CT molecular complexity index is 889. The van der Waals surface area contributed by atoms with Gasteiger partial charge in [0.1, 0.15) is 5.00 Å². The third-order valence-electron chi connectivity index (χ3n) is 4.54. The van der Waals surface area contributed by atoms with Crippen LogP contribution >= 0.6 is 11.3 Å². The number of carbonyl (C=O) groups excluding carboxylic acids is 3. The van der Waals surface area contributed by atoms with Crippen LogP contribution in [0.2, 0.25) is 0 Å². The Morgan fingerprint density at radius 1 is 1.07 bits per heavy atom. The summed E-state index contributed by atoms with van der Waals surface area (Å²) in [6, 6.07) is 6.22. The molecule has 8 heteroatoms. The summed E-state index contributed by atoms with van der Waals surface area (Å²) in [5, 5.41) is 3.15. The second-order valence-electron chi connectivity index (χ2n) is 6.51. The fourth-order valence-electron chi connectivity index (χ4n) is 3.15. The molecule has 28 heavy (non-hydrogen) atoms. The molecule has 1 aliphatic carbocycles. The number of thiophene rings is 1. The number of aryl methyl sites for hydroxylation is 1. The van der Waals surface area contributed by atoms with E-state index in [4.69, 9.17) is 15.2 Å². The molecule has 0 saturated heterocycles. The molecule has 3 rings (SSSR count). The molecule has 148 valence electrons. The zero-order valence-electron chi connectivity index (χ0n) is 15.6. The number of nitrogen functional groups attached to an aromatic ring is 1. The van der Waals surface area contributed by atoms with E-state index in [0.29, 0.717) is 21.8 Å². The maximum absolute atomic E-state index is 12.3. The van der Waals surface area contributed by atoms with Gasteiger partial charge < -0.3 is 20.5 Å². The number of anilines is 2. The van der Waals surface area contributed by atoms with Crippen molar-refractivity contribution in [2.45, 2.75) is 32.1 Å². The van der Waals surface area contributed by atoms with Crippen LogP contribution in [-0.2, 0) is 27.1 Å². The predicted octanol–water partition coefficient (Wildman–Crippen LogP) is 3.18. The monoisotopic (exact) mass is 402 g/mol. The number of amides is 1. The van der Waals surface area contributed by atoms with Crippen LogP contribution in [0.1, 0.15) is 50.4 Å². The largest absolute Gasteiger partial charge is 0.465 e. The molecule has 0 unspecified atom stereocenters. The second-order valence-corrected chi connectivity index (χ2v) is 7.61. The van der Waals surface area contributed by atoms with Crippen molar-refractivity contribution < 1.29 is 23.9 Å². The lowest BCUT2D eigenvalue weighted by Crippen LogP contribution is -2.21. The van der Waals surface area contributed by atoms with E-state index < -0.39 is 24.5 Å². The number of hydrogen-bond acceptors (Lipinski definition) is 7. The number of ether oxygens (including phenoxy) is 2. The highest BCUT2D eigenvalue weighted by Gasteiger charge is 2.26. The van der Waals surface area contributed by atoms with Gasteiger partial charge in [0, 0.05) is 10.6 Å². The molecule has 0 saturated carbocycles. The smallest absolute Gasteiger partial charge is 0.341 e. The molecule has 1 amide bonds. The first-order valence-electron chi connectivity index (χ1n) is 9.05. The molecule has 0 fully saturated rings. The summed E-state index contributed by atoms with van der Waals surface area (Å²) >= 11 is 1.39. The van der Waals surface area contributed by atoms with Crippen LogP contribution in [0, 0.1) is 0 Å². The highest BCUT2D eigenvalue weighted by molar-refractivity contribution is 7.17. The predicted molar refractivity (Wildman–Crippen MR) is 107 cm³/mol. The third kappa shape index (κ3) is 4.51. The van der Waals surface area contributed by atoms with Gasteiger partial charge in [0.15, 0.2) is 6.61 Å². The minimum absolute atomic E-state index is 0.306. The normalized spacial score (nSPS) is 13.2. The first-order valence-corrected chi connectivity index (χ1v) is 9.86. The van der Waals surface area contributed by atoms with Crippen LogP contribution in [-0.4, -0.2) is 31.6 Å². The van der Waals surface area contributed by atoms with Gasteiger partial charge in [0.2, 0.25) is 0 Å². The van der Waals surface area contributed by atoms with Gasteiger partial charge in [-0.15, -0.1) is 11.3 Å². The minimum atomic E-state index is -0.620. The van der Waals surface area contributed by atoms with Crippen LogP contribution in [0.5, 0.6) is 0 Å². The third-order valence-corrected chi connectivity index (χ3v) is 5.75. The second kappa shape index (κ2) is 8.88. The first kappa shape index (κ1) is 19.9. The van der Waals surface area contributed by atoms with Crippen molar-refractivity contribution in [1.82, 2.24) is 0 Å².